The number of thiazole rings is 1. The first-order valence-corrected chi connectivity index (χ1v) is 7.97. The van der Waals surface area contributed by atoms with E-state index in [0.717, 1.165) is 36.4 Å². The van der Waals surface area contributed by atoms with E-state index >= 15 is 0 Å². The summed E-state index contributed by atoms with van der Waals surface area (Å²) in [5.41, 5.74) is 1.06. The molecule has 0 saturated heterocycles. The highest BCUT2D eigenvalue weighted by atomic mass is 32.1. The van der Waals surface area contributed by atoms with Gasteiger partial charge in [0.1, 0.15) is 5.01 Å². The lowest BCUT2D eigenvalue weighted by atomic mass is 10.4. The van der Waals surface area contributed by atoms with Crippen LogP contribution in [0.15, 0.2) is 5.38 Å². The van der Waals surface area contributed by atoms with Crippen molar-refractivity contribution in [3.8, 4) is 0 Å². The summed E-state index contributed by atoms with van der Waals surface area (Å²) >= 11 is 1.71. The second-order valence-electron chi connectivity index (χ2n) is 5.53. The van der Waals surface area contributed by atoms with E-state index in [2.05, 4.69) is 41.5 Å². The van der Waals surface area contributed by atoms with Crippen molar-refractivity contribution in [3.63, 3.8) is 0 Å². The van der Waals surface area contributed by atoms with Crippen LogP contribution in [0, 0.1) is 0 Å². The van der Waals surface area contributed by atoms with Crippen LogP contribution in [0.1, 0.15) is 37.4 Å². The molecule has 0 spiro atoms. The van der Waals surface area contributed by atoms with Gasteiger partial charge in [-0.15, -0.1) is 11.3 Å². The zero-order valence-corrected chi connectivity index (χ0v) is 13.0. The summed E-state index contributed by atoms with van der Waals surface area (Å²) in [6.07, 6.45) is 2.71. The van der Waals surface area contributed by atoms with Crippen molar-refractivity contribution in [2.75, 3.05) is 20.2 Å². The van der Waals surface area contributed by atoms with Gasteiger partial charge in [0.15, 0.2) is 0 Å². The van der Waals surface area contributed by atoms with E-state index in [9.17, 15) is 0 Å². The lowest BCUT2D eigenvalue weighted by Gasteiger charge is -2.14. The summed E-state index contributed by atoms with van der Waals surface area (Å²) in [5.74, 6) is 0. The number of likely N-dealkylation sites (N-methyl/N-ethyl adjacent to an activating group) is 1. The molecule has 0 bridgehead atoms. The zero-order valence-electron chi connectivity index (χ0n) is 12.2. The van der Waals surface area contributed by atoms with Gasteiger partial charge in [-0.05, 0) is 19.9 Å². The van der Waals surface area contributed by atoms with Crippen LogP contribution in [0.4, 0.5) is 0 Å². The van der Waals surface area contributed by atoms with E-state index in [4.69, 9.17) is 4.74 Å². The summed E-state index contributed by atoms with van der Waals surface area (Å²) in [6, 6.07) is 1.32. The molecule has 1 aliphatic rings. The van der Waals surface area contributed by atoms with Crippen LogP contribution in [0.3, 0.4) is 0 Å². The molecule has 108 valence electrons. The molecule has 1 aromatic rings. The summed E-state index contributed by atoms with van der Waals surface area (Å²) in [7, 11) is 2.18. The fraction of sp³-hybridized carbons (Fsp3) is 0.786. The number of hydrogen-bond acceptors (Lipinski definition) is 5. The number of rotatable bonds is 9. The van der Waals surface area contributed by atoms with Gasteiger partial charge in [0.25, 0.3) is 0 Å². The standard InChI is InChI=1S/C14H25N3OS/c1-11(2)15-8-14-16-12(10-19-14)9-18-7-6-17(3)13-4-5-13/h10-11,13,15H,4-9H2,1-3H3. The van der Waals surface area contributed by atoms with Gasteiger partial charge in [-0.3, -0.25) is 0 Å². The maximum Gasteiger partial charge on any atom is 0.107 e. The van der Waals surface area contributed by atoms with Gasteiger partial charge in [-0.2, -0.15) is 0 Å². The summed E-state index contributed by atoms with van der Waals surface area (Å²) in [5, 5.41) is 6.62. The highest BCUT2D eigenvalue weighted by molar-refractivity contribution is 7.09. The second kappa shape index (κ2) is 7.33. The molecule has 1 N–H and O–H groups in total. The van der Waals surface area contributed by atoms with Crippen molar-refractivity contribution in [2.45, 2.75) is 51.9 Å². The minimum atomic E-state index is 0.501. The van der Waals surface area contributed by atoms with Gasteiger partial charge in [-0.1, -0.05) is 13.8 Å². The third-order valence-electron chi connectivity index (χ3n) is 3.27. The first-order valence-electron chi connectivity index (χ1n) is 7.10. The number of hydrogen-bond donors (Lipinski definition) is 1. The van der Waals surface area contributed by atoms with Crippen LogP contribution in [-0.4, -0.2) is 42.2 Å². The minimum absolute atomic E-state index is 0.501. The molecule has 0 aromatic carbocycles. The van der Waals surface area contributed by atoms with E-state index in [1.807, 2.05) is 0 Å². The molecule has 1 saturated carbocycles. The first kappa shape index (κ1) is 14.9. The topological polar surface area (TPSA) is 37.4 Å². The van der Waals surface area contributed by atoms with E-state index in [0.29, 0.717) is 12.6 Å². The maximum absolute atomic E-state index is 5.69. The van der Waals surface area contributed by atoms with Crippen molar-refractivity contribution in [1.29, 1.82) is 0 Å². The minimum Gasteiger partial charge on any atom is -0.374 e. The number of aromatic nitrogens is 1. The molecule has 4 nitrogen and oxygen atoms in total. The lowest BCUT2D eigenvalue weighted by molar-refractivity contribution is 0.0960. The van der Waals surface area contributed by atoms with Crippen LogP contribution >= 0.6 is 11.3 Å². The van der Waals surface area contributed by atoms with E-state index in [1.165, 1.54) is 12.8 Å². The zero-order chi connectivity index (χ0) is 13.7. The molecule has 0 radical (unpaired) electrons. The lowest BCUT2D eigenvalue weighted by Crippen LogP contribution is -2.25. The second-order valence-corrected chi connectivity index (χ2v) is 6.48. The number of ether oxygens (including phenoxy) is 1. The molecule has 2 rings (SSSR count). The molecular weight excluding hydrogens is 258 g/mol. The first-order chi connectivity index (χ1) is 9.15. The molecule has 1 heterocycles. The van der Waals surface area contributed by atoms with Crippen LogP contribution in [0.5, 0.6) is 0 Å². The van der Waals surface area contributed by atoms with Crippen molar-refractivity contribution in [3.05, 3.63) is 16.1 Å². The van der Waals surface area contributed by atoms with E-state index in [1.54, 1.807) is 11.3 Å². The molecule has 0 aliphatic heterocycles. The Labute approximate surface area is 120 Å². The van der Waals surface area contributed by atoms with Gasteiger partial charge in [0.05, 0.1) is 18.9 Å². The Balaban J connectivity index is 1.60. The van der Waals surface area contributed by atoms with Crippen LogP contribution in [0.2, 0.25) is 0 Å². The predicted octanol–water partition coefficient (Wildman–Crippen LogP) is 2.25. The molecule has 1 fully saturated rings. The molecular formula is C14H25N3OS. The Bertz CT molecular complexity index is 377. The molecule has 0 atom stereocenters. The average Bonchev–Trinajstić information content (AvgIpc) is 3.13. The molecule has 1 aliphatic carbocycles. The normalized spacial score (nSPS) is 15.6. The molecule has 1 aromatic heterocycles. The van der Waals surface area contributed by atoms with Crippen molar-refractivity contribution >= 4 is 11.3 Å². The van der Waals surface area contributed by atoms with E-state index in [-0.39, 0.29) is 0 Å². The van der Waals surface area contributed by atoms with Crippen molar-refractivity contribution in [2.24, 2.45) is 0 Å². The SMILES string of the molecule is CC(C)NCc1nc(COCCN(C)C2CC2)cs1. The average molecular weight is 283 g/mol. The van der Waals surface area contributed by atoms with Gasteiger partial charge in [-0.25, -0.2) is 4.98 Å². The van der Waals surface area contributed by atoms with Crippen LogP contribution < -0.4 is 5.32 Å². The molecule has 0 amide bonds. The maximum atomic E-state index is 5.69. The van der Waals surface area contributed by atoms with Gasteiger partial charge in [0, 0.05) is 30.6 Å². The summed E-state index contributed by atoms with van der Waals surface area (Å²) in [4.78, 5) is 6.95. The third-order valence-corrected chi connectivity index (χ3v) is 4.17. The van der Waals surface area contributed by atoms with Crippen LogP contribution in [-0.2, 0) is 17.9 Å². The van der Waals surface area contributed by atoms with E-state index < -0.39 is 0 Å². The quantitative estimate of drug-likeness (QED) is 0.705. The Hall–Kier alpha value is -0.490. The predicted molar refractivity (Wildman–Crippen MR) is 79.4 cm³/mol. The molecule has 0 unspecified atom stereocenters. The molecule has 5 heteroatoms. The summed E-state index contributed by atoms with van der Waals surface area (Å²) < 4.78 is 5.69. The van der Waals surface area contributed by atoms with Gasteiger partial charge in [0.2, 0.25) is 0 Å². The third kappa shape index (κ3) is 5.57. The Kier molecular flexibility index (Phi) is 5.76. The highest BCUT2D eigenvalue weighted by Crippen LogP contribution is 2.24. The monoisotopic (exact) mass is 283 g/mol. The Morgan fingerprint density at radius 2 is 2.32 bits per heavy atom. The Morgan fingerprint density at radius 1 is 1.53 bits per heavy atom. The van der Waals surface area contributed by atoms with Crippen molar-refractivity contribution in [1.82, 2.24) is 15.2 Å². The van der Waals surface area contributed by atoms with Gasteiger partial charge < -0.3 is 15.0 Å². The van der Waals surface area contributed by atoms with Crippen LogP contribution in [0.25, 0.3) is 0 Å². The fourth-order valence-corrected chi connectivity index (χ4v) is 2.60. The number of nitrogens with one attached hydrogen (secondary N) is 1. The highest BCUT2D eigenvalue weighted by Gasteiger charge is 2.25. The largest absolute Gasteiger partial charge is 0.374 e. The van der Waals surface area contributed by atoms with Gasteiger partial charge >= 0.3 is 0 Å². The number of nitrogens with zero attached hydrogens (tertiary/aromatic N) is 2. The smallest absolute Gasteiger partial charge is 0.107 e. The molecule has 19 heavy (non-hydrogen) atoms. The summed E-state index contributed by atoms with van der Waals surface area (Å²) in [6.45, 7) is 7.60. The van der Waals surface area contributed by atoms with Crippen molar-refractivity contribution < 1.29 is 4.74 Å². The Morgan fingerprint density at radius 3 is 3.00 bits per heavy atom. The fourth-order valence-electron chi connectivity index (χ4n) is 1.87.